The number of guanidine groups is 1. The van der Waals surface area contributed by atoms with Gasteiger partial charge in [-0.15, -0.1) is 24.0 Å². The first-order valence-corrected chi connectivity index (χ1v) is 9.35. The fraction of sp³-hybridized carbons (Fsp3) is 0.474. The minimum atomic E-state index is -0.581. The van der Waals surface area contributed by atoms with Gasteiger partial charge in [0.25, 0.3) is 5.91 Å². The Balaban J connectivity index is 0.00000280. The lowest BCUT2D eigenvalue weighted by Gasteiger charge is -2.26. The molecular formula is C19H28IN5O3. The molecule has 2 aromatic heterocycles. The summed E-state index contributed by atoms with van der Waals surface area (Å²) in [6, 6.07) is 7.38. The second kappa shape index (κ2) is 11.1. The number of amides is 1. The molecule has 0 radical (unpaired) electrons. The molecule has 1 atom stereocenters. The Bertz CT molecular complexity index is 753. The molecule has 3 heterocycles. The van der Waals surface area contributed by atoms with Gasteiger partial charge in [0, 0.05) is 13.1 Å². The van der Waals surface area contributed by atoms with Gasteiger partial charge in [-0.3, -0.25) is 9.69 Å². The Hall–Kier alpha value is -2.01. The van der Waals surface area contributed by atoms with Crippen LogP contribution in [0, 0.1) is 0 Å². The van der Waals surface area contributed by atoms with Crippen LogP contribution in [0.2, 0.25) is 0 Å². The van der Waals surface area contributed by atoms with Crippen LogP contribution in [-0.4, -0.2) is 42.9 Å². The molecule has 0 bridgehead atoms. The maximum absolute atomic E-state index is 11.1. The number of nitrogens with two attached hydrogens (primary N) is 1. The van der Waals surface area contributed by atoms with Crippen LogP contribution in [0.3, 0.4) is 0 Å². The Labute approximate surface area is 181 Å². The smallest absolute Gasteiger partial charge is 0.284 e. The number of nitrogens with zero attached hydrogens (tertiary/aromatic N) is 2. The number of rotatable bonds is 8. The first kappa shape index (κ1) is 22.3. The Morgan fingerprint density at radius 1 is 1.29 bits per heavy atom. The van der Waals surface area contributed by atoms with E-state index in [4.69, 9.17) is 14.6 Å². The van der Waals surface area contributed by atoms with Gasteiger partial charge in [-0.2, -0.15) is 0 Å². The molecule has 0 saturated carbocycles. The fourth-order valence-electron chi connectivity index (χ4n) is 3.23. The molecule has 154 valence electrons. The van der Waals surface area contributed by atoms with E-state index < -0.39 is 5.91 Å². The van der Waals surface area contributed by atoms with Crippen molar-refractivity contribution in [2.45, 2.75) is 32.4 Å². The van der Waals surface area contributed by atoms with Crippen molar-refractivity contribution in [3.8, 4) is 0 Å². The van der Waals surface area contributed by atoms with Crippen molar-refractivity contribution in [3.63, 3.8) is 0 Å². The van der Waals surface area contributed by atoms with Crippen LogP contribution >= 0.6 is 24.0 Å². The number of carbonyl (C=O) groups is 1. The van der Waals surface area contributed by atoms with Gasteiger partial charge in [-0.05, 0) is 57.1 Å². The summed E-state index contributed by atoms with van der Waals surface area (Å²) >= 11 is 0. The molecule has 3 rings (SSSR count). The molecule has 1 saturated heterocycles. The third-order valence-electron chi connectivity index (χ3n) is 4.56. The second-order valence-electron chi connectivity index (χ2n) is 6.48. The summed E-state index contributed by atoms with van der Waals surface area (Å²) in [5.74, 6) is 1.79. The van der Waals surface area contributed by atoms with Crippen molar-refractivity contribution in [1.29, 1.82) is 0 Å². The van der Waals surface area contributed by atoms with Crippen LogP contribution in [0.15, 0.2) is 44.4 Å². The first-order chi connectivity index (χ1) is 13.2. The highest BCUT2D eigenvalue weighted by Crippen LogP contribution is 2.24. The summed E-state index contributed by atoms with van der Waals surface area (Å²) < 4.78 is 11.0. The average molecular weight is 501 g/mol. The minimum Gasteiger partial charge on any atom is -0.468 e. The lowest BCUT2D eigenvalue weighted by Crippen LogP contribution is -2.42. The van der Waals surface area contributed by atoms with E-state index in [1.54, 1.807) is 18.4 Å². The van der Waals surface area contributed by atoms with Crippen LogP contribution in [0.5, 0.6) is 0 Å². The zero-order valence-electron chi connectivity index (χ0n) is 16.0. The predicted octanol–water partition coefficient (Wildman–Crippen LogP) is 2.48. The molecule has 0 aliphatic carbocycles. The van der Waals surface area contributed by atoms with E-state index >= 15 is 0 Å². The zero-order chi connectivity index (χ0) is 19.1. The van der Waals surface area contributed by atoms with Crippen molar-refractivity contribution >= 4 is 35.8 Å². The number of hydrogen-bond donors (Lipinski definition) is 3. The van der Waals surface area contributed by atoms with Gasteiger partial charge in [0.1, 0.15) is 18.1 Å². The molecule has 1 fully saturated rings. The summed E-state index contributed by atoms with van der Waals surface area (Å²) in [4.78, 5) is 18.1. The topological polar surface area (TPSA) is 109 Å². The molecule has 1 unspecified atom stereocenters. The van der Waals surface area contributed by atoms with E-state index in [-0.39, 0.29) is 35.8 Å². The second-order valence-corrected chi connectivity index (χ2v) is 6.48. The Kier molecular flexibility index (Phi) is 8.84. The third-order valence-corrected chi connectivity index (χ3v) is 4.56. The molecule has 0 aromatic carbocycles. The summed E-state index contributed by atoms with van der Waals surface area (Å²) in [7, 11) is 0. The quantitative estimate of drug-likeness (QED) is 0.292. The molecule has 4 N–H and O–H groups in total. The van der Waals surface area contributed by atoms with Crippen molar-refractivity contribution in [2.75, 3.05) is 26.2 Å². The minimum absolute atomic E-state index is 0. The standard InChI is InChI=1S/C19H27N5O3.HI/c1-2-21-19(22-12-14-7-8-17(27-14)18(20)25)23-13-15(16-6-5-11-26-16)24-9-3-4-10-24;/h5-8,11,15H,2-4,9-10,12-13H2,1H3,(H2,20,25)(H2,21,22,23);1H. The maximum atomic E-state index is 11.1. The van der Waals surface area contributed by atoms with Crippen LogP contribution in [0.25, 0.3) is 0 Å². The number of nitrogens with one attached hydrogen (secondary N) is 2. The van der Waals surface area contributed by atoms with Gasteiger partial charge in [0.2, 0.25) is 0 Å². The summed E-state index contributed by atoms with van der Waals surface area (Å²) in [6.07, 6.45) is 4.14. The molecule has 9 heteroatoms. The van der Waals surface area contributed by atoms with Gasteiger partial charge in [-0.1, -0.05) is 0 Å². The molecule has 28 heavy (non-hydrogen) atoms. The van der Waals surface area contributed by atoms with Crippen LogP contribution in [0.1, 0.15) is 47.9 Å². The van der Waals surface area contributed by atoms with Crippen molar-refractivity contribution < 1.29 is 13.6 Å². The monoisotopic (exact) mass is 501 g/mol. The Morgan fingerprint density at radius 2 is 2.07 bits per heavy atom. The van der Waals surface area contributed by atoms with E-state index in [1.165, 1.54) is 12.8 Å². The largest absolute Gasteiger partial charge is 0.468 e. The summed E-state index contributed by atoms with van der Waals surface area (Å²) in [5.41, 5.74) is 5.21. The highest BCUT2D eigenvalue weighted by Gasteiger charge is 2.25. The molecular weight excluding hydrogens is 473 g/mol. The molecule has 0 spiro atoms. The lowest BCUT2D eigenvalue weighted by molar-refractivity contribution is 0.0972. The fourth-order valence-corrected chi connectivity index (χ4v) is 3.23. The zero-order valence-corrected chi connectivity index (χ0v) is 18.3. The number of aliphatic imine (C=N–C) groups is 1. The van der Waals surface area contributed by atoms with E-state index in [9.17, 15) is 4.79 Å². The number of primary amides is 1. The van der Waals surface area contributed by atoms with Gasteiger partial charge >= 0.3 is 0 Å². The van der Waals surface area contributed by atoms with Gasteiger partial charge in [-0.25, -0.2) is 4.99 Å². The maximum Gasteiger partial charge on any atom is 0.284 e. The van der Waals surface area contributed by atoms with Gasteiger partial charge in [0.05, 0.1) is 12.3 Å². The number of halogens is 1. The number of carbonyl (C=O) groups excluding carboxylic acids is 1. The van der Waals surface area contributed by atoms with Crippen LogP contribution < -0.4 is 16.4 Å². The van der Waals surface area contributed by atoms with Crippen LogP contribution in [-0.2, 0) is 6.54 Å². The van der Waals surface area contributed by atoms with E-state index in [2.05, 4.69) is 20.5 Å². The van der Waals surface area contributed by atoms with E-state index in [0.29, 0.717) is 24.8 Å². The van der Waals surface area contributed by atoms with Crippen molar-refractivity contribution in [3.05, 3.63) is 47.8 Å². The SMILES string of the molecule is CCNC(=NCc1ccc(C(N)=O)o1)NCC(c1ccco1)N1CCCC1.I. The molecule has 1 amide bonds. The number of hydrogen-bond acceptors (Lipinski definition) is 5. The summed E-state index contributed by atoms with van der Waals surface area (Å²) in [6.45, 7) is 5.90. The molecule has 1 aliphatic heterocycles. The average Bonchev–Trinajstić information content (AvgIpc) is 3.42. The summed E-state index contributed by atoms with van der Waals surface area (Å²) in [5, 5.41) is 6.62. The van der Waals surface area contributed by atoms with Gasteiger partial charge in [0.15, 0.2) is 11.7 Å². The third kappa shape index (κ3) is 5.99. The van der Waals surface area contributed by atoms with Crippen molar-refractivity contribution in [1.82, 2.24) is 15.5 Å². The number of furan rings is 2. The predicted molar refractivity (Wildman–Crippen MR) is 118 cm³/mol. The molecule has 8 nitrogen and oxygen atoms in total. The van der Waals surface area contributed by atoms with E-state index in [0.717, 1.165) is 25.4 Å². The normalized spacial score (nSPS) is 15.8. The highest BCUT2D eigenvalue weighted by atomic mass is 127. The highest BCUT2D eigenvalue weighted by molar-refractivity contribution is 14.0. The van der Waals surface area contributed by atoms with E-state index in [1.807, 2.05) is 19.1 Å². The number of likely N-dealkylation sites (tertiary alicyclic amines) is 1. The first-order valence-electron chi connectivity index (χ1n) is 9.35. The molecule has 2 aromatic rings. The van der Waals surface area contributed by atoms with Gasteiger partial charge < -0.3 is 25.2 Å². The Morgan fingerprint density at radius 3 is 2.68 bits per heavy atom. The van der Waals surface area contributed by atoms with Crippen LogP contribution in [0.4, 0.5) is 0 Å². The lowest BCUT2D eigenvalue weighted by atomic mass is 10.2. The van der Waals surface area contributed by atoms with Crippen molar-refractivity contribution in [2.24, 2.45) is 10.7 Å². The molecule has 1 aliphatic rings.